The lowest BCUT2D eigenvalue weighted by molar-refractivity contribution is -0.136. The Labute approximate surface area is 177 Å². The standard InChI is InChI=1S/C20H17BrClN3O.ClH/c21-16-3-1-2-15(10-16)19-20(26)24(12-18-11-23-13-25(18)19)9-8-14-4-6-17(22)7-5-14;/h1-7,10-11,13,19H,8-9,12H2;1H. The number of carbonyl (C=O) groups is 1. The molecular weight excluding hydrogens is 449 g/mol. The van der Waals surface area contributed by atoms with E-state index >= 15 is 0 Å². The number of amides is 1. The second-order valence-electron chi connectivity index (χ2n) is 6.39. The molecule has 2 aromatic carbocycles. The van der Waals surface area contributed by atoms with Gasteiger partial charge in [0.15, 0.2) is 0 Å². The molecule has 2 heterocycles. The van der Waals surface area contributed by atoms with Gasteiger partial charge in [-0.15, -0.1) is 12.4 Å². The minimum atomic E-state index is -0.371. The normalized spacial score (nSPS) is 16.0. The van der Waals surface area contributed by atoms with Gasteiger partial charge in [-0.05, 0) is 41.8 Å². The maximum absolute atomic E-state index is 13.2. The molecule has 1 amide bonds. The lowest BCUT2D eigenvalue weighted by atomic mass is 10.0. The van der Waals surface area contributed by atoms with Gasteiger partial charge in [-0.2, -0.15) is 0 Å². The Morgan fingerprint density at radius 1 is 1.19 bits per heavy atom. The maximum atomic E-state index is 13.2. The first kappa shape index (κ1) is 19.9. The van der Waals surface area contributed by atoms with Gasteiger partial charge < -0.3 is 9.47 Å². The molecule has 0 radical (unpaired) electrons. The van der Waals surface area contributed by atoms with Crippen molar-refractivity contribution in [1.29, 1.82) is 0 Å². The van der Waals surface area contributed by atoms with Gasteiger partial charge in [0.1, 0.15) is 6.04 Å². The van der Waals surface area contributed by atoms with Crippen molar-refractivity contribution in [1.82, 2.24) is 14.5 Å². The third-order valence-corrected chi connectivity index (χ3v) is 5.42. The largest absolute Gasteiger partial charge is 0.334 e. The quantitative estimate of drug-likeness (QED) is 0.548. The molecule has 0 fully saturated rings. The van der Waals surface area contributed by atoms with E-state index in [1.165, 1.54) is 5.56 Å². The molecule has 1 aromatic heterocycles. The summed E-state index contributed by atoms with van der Waals surface area (Å²) < 4.78 is 2.94. The first-order valence-electron chi connectivity index (χ1n) is 8.41. The first-order chi connectivity index (χ1) is 12.6. The Balaban J connectivity index is 0.00000210. The van der Waals surface area contributed by atoms with Gasteiger partial charge in [0.05, 0.1) is 18.6 Å². The fraction of sp³-hybridized carbons (Fsp3) is 0.200. The molecule has 1 atom stereocenters. The molecule has 140 valence electrons. The van der Waals surface area contributed by atoms with Gasteiger partial charge in [0.2, 0.25) is 0 Å². The van der Waals surface area contributed by atoms with Crippen LogP contribution in [0, 0.1) is 0 Å². The zero-order chi connectivity index (χ0) is 18.1. The molecule has 3 aromatic rings. The highest BCUT2D eigenvalue weighted by Crippen LogP contribution is 2.30. The molecule has 0 saturated carbocycles. The number of carbonyl (C=O) groups excluding carboxylic acids is 1. The van der Waals surface area contributed by atoms with E-state index in [0.717, 1.165) is 27.2 Å². The summed E-state index contributed by atoms with van der Waals surface area (Å²) in [7, 11) is 0. The van der Waals surface area contributed by atoms with Crippen molar-refractivity contribution in [2.75, 3.05) is 6.54 Å². The highest BCUT2D eigenvalue weighted by atomic mass is 79.9. The predicted molar refractivity (Wildman–Crippen MR) is 112 cm³/mol. The van der Waals surface area contributed by atoms with E-state index in [2.05, 4.69) is 20.9 Å². The van der Waals surface area contributed by atoms with Gasteiger partial charge in [-0.3, -0.25) is 4.79 Å². The summed E-state index contributed by atoms with van der Waals surface area (Å²) >= 11 is 9.45. The highest BCUT2D eigenvalue weighted by Gasteiger charge is 2.33. The van der Waals surface area contributed by atoms with E-state index in [1.54, 1.807) is 6.33 Å². The fourth-order valence-electron chi connectivity index (χ4n) is 3.34. The lowest BCUT2D eigenvalue weighted by Crippen LogP contribution is -2.43. The Morgan fingerprint density at radius 3 is 2.70 bits per heavy atom. The van der Waals surface area contributed by atoms with Crippen LogP contribution in [0.2, 0.25) is 5.02 Å². The van der Waals surface area contributed by atoms with Crippen LogP contribution in [0.25, 0.3) is 0 Å². The Kier molecular flexibility index (Phi) is 6.25. The summed E-state index contributed by atoms with van der Waals surface area (Å²) in [6.45, 7) is 1.24. The van der Waals surface area contributed by atoms with Crippen LogP contribution in [-0.4, -0.2) is 26.9 Å². The van der Waals surface area contributed by atoms with Gasteiger partial charge in [-0.25, -0.2) is 4.98 Å². The second-order valence-corrected chi connectivity index (χ2v) is 7.74. The van der Waals surface area contributed by atoms with E-state index in [0.29, 0.717) is 13.1 Å². The Morgan fingerprint density at radius 2 is 1.96 bits per heavy atom. The van der Waals surface area contributed by atoms with Gasteiger partial charge in [0, 0.05) is 22.2 Å². The van der Waals surface area contributed by atoms with Gasteiger partial charge in [0.25, 0.3) is 5.91 Å². The first-order valence-corrected chi connectivity index (χ1v) is 9.58. The molecule has 7 heteroatoms. The van der Waals surface area contributed by atoms with Crippen molar-refractivity contribution < 1.29 is 4.79 Å². The van der Waals surface area contributed by atoms with Crippen LogP contribution < -0.4 is 0 Å². The van der Waals surface area contributed by atoms with E-state index in [4.69, 9.17) is 11.6 Å². The van der Waals surface area contributed by atoms with E-state index < -0.39 is 0 Å². The topological polar surface area (TPSA) is 38.1 Å². The maximum Gasteiger partial charge on any atom is 0.250 e. The average Bonchev–Trinajstić information content (AvgIpc) is 3.09. The van der Waals surface area contributed by atoms with Gasteiger partial charge in [-0.1, -0.05) is 51.8 Å². The molecule has 1 unspecified atom stereocenters. The smallest absolute Gasteiger partial charge is 0.250 e. The number of halogens is 3. The van der Waals surface area contributed by atoms with Crippen molar-refractivity contribution in [2.45, 2.75) is 19.0 Å². The summed E-state index contributed by atoms with van der Waals surface area (Å²) in [5.74, 6) is 0.0996. The second kappa shape index (κ2) is 8.46. The molecule has 0 aliphatic carbocycles. The third-order valence-electron chi connectivity index (χ3n) is 4.67. The average molecular weight is 467 g/mol. The number of benzene rings is 2. The summed E-state index contributed by atoms with van der Waals surface area (Å²) in [6.07, 6.45) is 4.38. The summed E-state index contributed by atoms with van der Waals surface area (Å²) in [4.78, 5) is 19.4. The van der Waals surface area contributed by atoms with Crippen LogP contribution in [0.15, 0.2) is 65.5 Å². The SMILES string of the molecule is Cl.O=C1C(c2cccc(Br)c2)n2cncc2CN1CCc1ccc(Cl)cc1. The Hall–Kier alpha value is -1.82. The number of nitrogens with zero attached hydrogens (tertiary/aromatic N) is 3. The molecule has 0 saturated heterocycles. The summed E-state index contributed by atoms with van der Waals surface area (Å²) in [5, 5.41) is 0.724. The summed E-state index contributed by atoms with van der Waals surface area (Å²) in [5.41, 5.74) is 3.17. The molecule has 1 aliphatic rings. The van der Waals surface area contributed by atoms with Crippen molar-refractivity contribution in [3.63, 3.8) is 0 Å². The zero-order valence-corrected chi connectivity index (χ0v) is 17.5. The minimum Gasteiger partial charge on any atom is -0.334 e. The molecular formula is C20H18BrCl2N3O. The van der Waals surface area contributed by atoms with Gasteiger partial charge >= 0.3 is 0 Å². The van der Waals surface area contributed by atoms with E-state index in [9.17, 15) is 4.79 Å². The summed E-state index contributed by atoms with van der Waals surface area (Å²) in [6, 6.07) is 15.3. The van der Waals surface area contributed by atoms with Crippen LogP contribution in [0.1, 0.15) is 22.9 Å². The third kappa shape index (κ3) is 4.21. The highest BCUT2D eigenvalue weighted by molar-refractivity contribution is 9.10. The number of hydrogen-bond acceptors (Lipinski definition) is 2. The number of rotatable bonds is 4. The van der Waals surface area contributed by atoms with E-state index in [1.807, 2.05) is 64.2 Å². The molecule has 27 heavy (non-hydrogen) atoms. The number of hydrogen-bond donors (Lipinski definition) is 0. The number of imidazole rings is 1. The molecule has 0 spiro atoms. The molecule has 0 bridgehead atoms. The van der Waals surface area contributed by atoms with Crippen LogP contribution in [0.4, 0.5) is 0 Å². The molecule has 1 aliphatic heterocycles. The van der Waals surface area contributed by atoms with E-state index in [-0.39, 0.29) is 24.4 Å². The molecule has 4 nitrogen and oxygen atoms in total. The van der Waals surface area contributed by atoms with Crippen LogP contribution in [0.5, 0.6) is 0 Å². The van der Waals surface area contributed by atoms with Crippen LogP contribution >= 0.6 is 39.9 Å². The molecule has 4 rings (SSSR count). The fourth-order valence-corrected chi connectivity index (χ4v) is 3.88. The van der Waals surface area contributed by atoms with Crippen molar-refractivity contribution >= 4 is 45.8 Å². The minimum absolute atomic E-state index is 0. The predicted octanol–water partition coefficient (Wildman–Crippen LogP) is 4.90. The van der Waals surface area contributed by atoms with Crippen molar-refractivity contribution in [3.05, 3.63) is 87.4 Å². The van der Waals surface area contributed by atoms with Crippen molar-refractivity contribution in [3.8, 4) is 0 Å². The monoisotopic (exact) mass is 465 g/mol. The van der Waals surface area contributed by atoms with Crippen LogP contribution in [-0.2, 0) is 17.8 Å². The lowest BCUT2D eigenvalue weighted by Gasteiger charge is -2.34. The molecule has 0 N–H and O–H groups in total. The zero-order valence-electron chi connectivity index (χ0n) is 14.4. The van der Waals surface area contributed by atoms with Crippen LogP contribution in [0.3, 0.4) is 0 Å². The van der Waals surface area contributed by atoms with Crippen molar-refractivity contribution in [2.24, 2.45) is 0 Å². The number of aromatic nitrogens is 2. The Bertz CT molecular complexity index is 942. The number of fused-ring (bicyclic) bond motifs is 1.